The fourth-order valence-corrected chi connectivity index (χ4v) is 2.41. The fourth-order valence-electron chi connectivity index (χ4n) is 2.41. The minimum Gasteiger partial charge on any atom is -0.364 e. The lowest BCUT2D eigenvalue weighted by Gasteiger charge is -2.25. The third-order valence-electron chi connectivity index (χ3n) is 3.82. The molecule has 2 aromatic rings. The van der Waals surface area contributed by atoms with Gasteiger partial charge in [-0.15, -0.1) is 0 Å². The van der Waals surface area contributed by atoms with E-state index in [0.717, 1.165) is 24.1 Å². The lowest BCUT2D eigenvalue weighted by atomic mass is 9.81. The van der Waals surface area contributed by atoms with Crippen LogP contribution < -0.4 is 5.56 Å². The van der Waals surface area contributed by atoms with Gasteiger partial charge < -0.3 is 14.4 Å². The van der Waals surface area contributed by atoms with Crippen molar-refractivity contribution < 1.29 is 9.32 Å². The van der Waals surface area contributed by atoms with Gasteiger partial charge in [0.1, 0.15) is 12.0 Å². The standard InChI is InChI=1S/C14H16N4O3/c1-18(14(20)11-5-12(19)16-8-15-11)6-10-7-21-17-13(10)9-3-2-4-9/h5,7-9H,2-4,6H2,1H3,(H,15,16,19). The van der Waals surface area contributed by atoms with Gasteiger partial charge >= 0.3 is 0 Å². The van der Waals surface area contributed by atoms with Gasteiger partial charge in [0.25, 0.3) is 11.5 Å². The molecule has 7 heteroatoms. The highest BCUT2D eigenvalue weighted by atomic mass is 16.5. The van der Waals surface area contributed by atoms with Crippen molar-refractivity contribution >= 4 is 5.91 Å². The maximum Gasteiger partial charge on any atom is 0.272 e. The Balaban J connectivity index is 1.74. The predicted molar refractivity (Wildman–Crippen MR) is 73.8 cm³/mol. The Morgan fingerprint density at radius 2 is 2.33 bits per heavy atom. The smallest absolute Gasteiger partial charge is 0.272 e. The van der Waals surface area contributed by atoms with Gasteiger partial charge in [0.05, 0.1) is 18.6 Å². The Bertz CT molecular complexity index is 702. The van der Waals surface area contributed by atoms with E-state index in [2.05, 4.69) is 15.1 Å². The van der Waals surface area contributed by atoms with Gasteiger partial charge in [0, 0.05) is 24.6 Å². The van der Waals surface area contributed by atoms with Crippen LogP contribution in [0.25, 0.3) is 0 Å². The number of carbonyl (C=O) groups excluding carboxylic acids is 1. The van der Waals surface area contributed by atoms with E-state index in [0.29, 0.717) is 12.5 Å². The van der Waals surface area contributed by atoms with Crippen molar-refractivity contribution in [2.24, 2.45) is 0 Å². The molecular weight excluding hydrogens is 272 g/mol. The molecule has 1 N–H and O–H groups in total. The summed E-state index contributed by atoms with van der Waals surface area (Å²) in [7, 11) is 1.67. The third-order valence-corrected chi connectivity index (χ3v) is 3.82. The molecule has 1 amide bonds. The molecule has 1 aliphatic rings. The van der Waals surface area contributed by atoms with E-state index < -0.39 is 0 Å². The molecule has 1 aliphatic carbocycles. The first-order valence-corrected chi connectivity index (χ1v) is 6.88. The first-order valence-electron chi connectivity index (χ1n) is 6.88. The van der Waals surface area contributed by atoms with E-state index in [1.807, 2.05) is 0 Å². The molecule has 7 nitrogen and oxygen atoms in total. The third kappa shape index (κ3) is 2.72. The number of hydrogen-bond donors (Lipinski definition) is 1. The average Bonchev–Trinajstić information content (AvgIpc) is 2.84. The van der Waals surface area contributed by atoms with Crippen molar-refractivity contribution in [3.05, 3.63) is 46.0 Å². The van der Waals surface area contributed by atoms with Crippen LogP contribution in [0.5, 0.6) is 0 Å². The molecule has 0 spiro atoms. The summed E-state index contributed by atoms with van der Waals surface area (Å²) >= 11 is 0. The molecule has 1 saturated carbocycles. The van der Waals surface area contributed by atoms with Crippen LogP contribution in [0.4, 0.5) is 0 Å². The van der Waals surface area contributed by atoms with Gasteiger partial charge in [0.2, 0.25) is 0 Å². The van der Waals surface area contributed by atoms with Crippen LogP contribution in [0.1, 0.15) is 46.9 Å². The molecular formula is C14H16N4O3. The number of aromatic amines is 1. The first kappa shape index (κ1) is 13.5. The summed E-state index contributed by atoms with van der Waals surface area (Å²) in [5, 5.41) is 4.05. The van der Waals surface area contributed by atoms with Gasteiger partial charge in [-0.1, -0.05) is 11.6 Å². The Morgan fingerprint density at radius 1 is 1.52 bits per heavy atom. The molecule has 3 rings (SSSR count). The van der Waals surface area contributed by atoms with Crippen molar-refractivity contribution in [1.29, 1.82) is 0 Å². The quantitative estimate of drug-likeness (QED) is 0.915. The molecule has 2 heterocycles. The van der Waals surface area contributed by atoms with Gasteiger partial charge in [-0.05, 0) is 12.8 Å². The molecule has 21 heavy (non-hydrogen) atoms. The largest absolute Gasteiger partial charge is 0.364 e. The van der Waals surface area contributed by atoms with Crippen molar-refractivity contribution in [3.63, 3.8) is 0 Å². The maximum absolute atomic E-state index is 12.2. The highest BCUT2D eigenvalue weighted by molar-refractivity contribution is 5.91. The number of rotatable bonds is 4. The lowest BCUT2D eigenvalue weighted by molar-refractivity contribution is 0.0778. The highest BCUT2D eigenvalue weighted by Crippen LogP contribution is 2.37. The second-order valence-electron chi connectivity index (χ2n) is 5.31. The molecule has 0 unspecified atom stereocenters. The summed E-state index contributed by atoms with van der Waals surface area (Å²) in [4.78, 5) is 31.3. The zero-order chi connectivity index (χ0) is 14.8. The summed E-state index contributed by atoms with van der Waals surface area (Å²) in [6.07, 6.45) is 6.26. The lowest BCUT2D eigenvalue weighted by Crippen LogP contribution is -2.28. The zero-order valence-corrected chi connectivity index (χ0v) is 11.7. The second kappa shape index (κ2) is 5.51. The van der Waals surface area contributed by atoms with Gasteiger partial charge in [-0.2, -0.15) is 0 Å². The predicted octanol–water partition coefficient (Wildman–Crippen LogP) is 1.30. The number of nitrogens with zero attached hydrogens (tertiary/aromatic N) is 3. The Labute approximate surface area is 121 Å². The Morgan fingerprint density at radius 3 is 3.00 bits per heavy atom. The van der Waals surface area contributed by atoms with Crippen LogP contribution in [-0.2, 0) is 6.54 Å². The molecule has 0 aromatic carbocycles. The van der Waals surface area contributed by atoms with Crippen LogP contribution >= 0.6 is 0 Å². The van der Waals surface area contributed by atoms with Gasteiger partial charge in [-0.25, -0.2) is 4.98 Å². The summed E-state index contributed by atoms with van der Waals surface area (Å²) in [5.74, 6) is 0.141. The van der Waals surface area contributed by atoms with E-state index in [1.165, 1.54) is 23.7 Å². The minimum absolute atomic E-state index is 0.128. The molecule has 0 bridgehead atoms. The molecule has 0 saturated heterocycles. The number of amides is 1. The van der Waals surface area contributed by atoms with E-state index in [9.17, 15) is 9.59 Å². The van der Waals surface area contributed by atoms with Crippen molar-refractivity contribution in [2.45, 2.75) is 31.7 Å². The van der Waals surface area contributed by atoms with Crippen LogP contribution in [0.3, 0.4) is 0 Å². The number of aromatic nitrogens is 3. The molecule has 0 aliphatic heterocycles. The Hall–Kier alpha value is -2.44. The van der Waals surface area contributed by atoms with Crippen LogP contribution in [0.2, 0.25) is 0 Å². The van der Waals surface area contributed by atoms with E-state index in [-0.39, 0.29) is 17.2 Å². The number of carbonyl (C=O) groups is 1. The monoisotopic (exact) mass is 288 g/mol. The first-order chi connectivity index (χ1) is 10.1. The van der Waals surface area contributed by atoms with Crippen molar-refractivity contribution in [1.82, 2.24) is 20.0 Å². The van der Waals surface area contributed by atoms with Gasteiger partial charge in [0.15, 0.2) is 0 Å². The van der Waals surface area contributed by atoms with Crippen LogP contribution in [0.15, 0.2) is 28.0 Å². The topological polar surface area (TPSA) is 92.1 Å². The summed E-state index contributed by atoms with van der Waals surface area (Å²) in [5.41, 5.74) is 1.64. The molecule has 110 valence electrons. The van der Waals surface area contributed by atoms with Crippen molar-refractivity contribution in [3.8, 4) is 0 Å². The normalized spacial score (nSPS) is 14.7. The number of hydrogen-bond acceptors (Lipinski definition) is 5. The van der Waals surface area contributed by atoms with E-state index in [1.54, 1.807) is 13.3 Å². The minimum atomic E-state index is -0.345. The molecule has 2 aromatic heterocycles. The van der Waals surface area contributed by atoms with E-state index >= 15 is 0 Å². The van der Waals surface area contributed by atoms with Crippen LogP contribution in [-0.4, -0.2) is 33.0 Å². The Kier molecular flexibility index (Phi) is 3.55. The number of H-pyrrole nitrogens is 1. The summed E-state index contributed by atoms with van der Waals surface area (Å²) < 4.78 is 5.05. The SMILES string of the molecule is CN(Cc1conc1C1CCC1)C(=O)c1cc(=O)[nH]cn1. The number of nitrogens with one attached hydrogen (secondary N) is 1. The summed E-state index contributed by atoms with van der Waals surface area (Å²) in [6.45, 7) is 0.392. The highest BCUT2D eigenvalue weighted by Gasteiger charge is 2.26. The maximum atomic E-state index is 12.2. The van der Waals surface area contributed by atoms with Gasteiger partial charge in [-0.3, -0.25) is 9.59 Å². The average molecular weight is 288 g/mol. The zero-order valence-electron chi connectivity index (χ0n) is 11.7. The molecule has 1 fully saturated rings. The second-order valence-corrected chi connectivity index (χ2v) is 5.31. The molecule has 0 atom stereocenters. The van der Waals surface area contributed by atoms with Crippen molar-refractivity contribution in [2.75, 3.05) is 7.05 Å². The summed E-state index contributed by atoms with van der Waals surface area (Å²) in [6, 6.07) is 1.19. The van der Waals surface area contributed by atoms with E-state index in [4.69, 9.17) is 4.52 Å². The fraction of sp³-hybridized carbons (Fsp3) is 0.429. The molecule has 0 radical (unpaired) electrons. The van der Waals surface area contributed by atoms with Crippen LogP contribution in [0, 0.1) is 0 Å².